The fourth-order valence-electron chi connectivity index (χ4n) is 1.23. The Balaban J connectivity index is 5.67. The molecule has 0 heterocycles. The van der Waals surface area contributed by atoms with Crippen molar-refractivity contribution in [1.29, 1.82) is 0 Å². The first-order valence-electron chi connectivity index (χ1n) is 5.19. The molecule has 0 aliphatic heterocycles. The molecule has 3 nitrogen and oxygen atoms in total. The van der Waals surface area contributed by atoms with Crippen molar-refractivity contribution in [1.82, 2.24) is 0 Å². The van der Waals surface area contributed by atoms with Gasteiger partial charge in [0.1, 0.15) is 5.75 Å². The van der Waals surface area contributed by atoms with Crippen LogP contribution in [-0.4, -0.2) is 46.3 Å². The van der Waals surface area contributed by atoms with Crippen LogP contribution in [0, 0.1) is 0 Å². The third-order valence-electron chi connectivity index (χ3n) is 2.40. The van der Waals surface area contributed by atoms with Gasteiger partial charge in [-0.3, -0.25) is 4.55 Å². The maximum Gasteiger partial charge on any atom is 0.379 e. The largest absolute Gasteiger partial charge is 0.379 e. The van der Waals surface area contributed by atoms with Gasteiger partial charge in [0.2, 0.25) is 0 Å². The zero-order valence-corrected chi connectivity index (χ0v) is 13.4. The lowest BCUT2D eigenvalue weighted by molar-refractivity contribution is -0.362. The van der Waals surface area contributed by atoms with Gasteiger partial charge in [-0.1, -0.05) is 0 Å². The summed E-state index contributed by atoms with van der Waals surface area (Å²) in [5, 5.41) is 0. The predicted octanol–water partition coefficient (Wildman–Crippen LogP) is 4.22. The Morgan fingerprint density at radius 3 is 1.39 bits per heavy atom. The maximum atomic E-state index is 13.1. The van der Waals surface area contributed by atoms with E-state index in [0.717, 1.165) is 0 Å². The van der Waals surface area contributed by atoms with Crippen molar-refractivity contribution in [2.45, 2.75) is 40.5 Å². The fourth-order valence-corrected chi connectivity index (χ4v) is 2.14. The number of hydrogen-bond acceptors (Lipinski definition) is 2. The zero-order chi connectivity index (χ0) is 19.1. The molecule has 23 heavy (non-hydrogen) atoms. The van der Waals surface area contributed by atoms with E-state index in [0.29, 0.717) is 0 Å². The maximum absolute atomic E-state index is 13.1. The molecule has 15 heteroatoms. The van der Waals surface area contributed by atoms with Gasteiger partial charge in [0.05, 0.1) is 0 Å². The Morgan fingerprint density at radius 2 is 1.09 bits per heavy atom. The minimum Gasteiger partial charge on any atom is -0.285 e. The molecule has 0 amide bonds. The third kappa shape index (κ3) is 5.47. The quantitative estimate of drug-likeness (QED) is 0.235. The molecule has 0 aromatic heterocycles. The number of halogens is 11. The van der Waals surface area contributed by atoms with E-state index in [1.54, 1.807) is 0 Å². The predicted molar refractivity (Wildman–Crippen MR) is 64.4 cm³/mol. The smallest absolute Gasteiger partial charge is 0.285 e. The van der Waals surface area contributed by atoms with E-state index in [1.807, 2.05) is 0 Å². The molecular weight excluding hydrogens is 493 g/mol. The number of alkyl halides is 11. The molecule has 0 spiro atoms. The summed E-state index contributed by atoms with van der Waals surface area (Å²) >= 11 is 0.240. The Morgan fingerprint density at radius 1 is 0.739 bits per heavy atom. The first-order chi connectivity index (χ1) is 9.66. The second-order valence-electron chi connectivity index (χ2n) is 4.40. The molecule has 0 rings (SSSR count). The second kappa shape index (κ2) is 6.34. The van der Waals surface area contributed by atoms with Crippen LogP contribution in [0.3, 0.4) is 0 Å². The standard InChI is InChI=1S/C8H7F10IO3S/c9-4(10,1-2-6(13,14)19)7(15,16)8(17,18)5(11,12)3-23(20,21)22/h1-3H2,(H,20,21,22). The summed E-state index contributed by atoms with van der Waals surface area (Å²) in [6.07, 6.45) is -4.61. The summed E-state index contributed by atoms with van der Waals surface area (Å²) in [7, 11) is -5.94. The Labute approximate surface area is 136 Å². The van der Waals surface area contributed by atoms with Crippen LogP contribution >= 0.6 is 22.6 Å². The Bertz CT molecular complexity index is 527. The lowest BCUT2D eigenvalue weighted by Crippen LogP contribution is -2.63. The highest BCUT2D eigenvalue weighted by Crippen LogP contribution is 2.54. The molecule has 0 aromatic carbocycles. The van der Waals surface area contributed by atoms with Crippen molar-refractivity contribution < 1.29 is 56.9 Å². The van der Waals surface area contributed by atoms with Crippen molar-refractivity contribution in [3.8, 4) is 0 Å². The van der Waals surface area contributed by atoms with E-state index in [2.05, 4.69) is 0 Å². The summed E-state index contributed by atoms with van der Waals surface area (Å²) in [6.45, 7) is 0. The minimum atomic E-state index is -6.94. The molecule has 0 atom stereocenters. The molecule has 140 valence electrons. The summed E-state index contributed by atoms with van der Waals surface area (Å²) in [4.78, 5) is 0. The van der Waals surface area contributed by atoms with Crippen molar-refractivity contribution in [2.75, 3.05) is 5.75 Å². The van der Waals surface area contributed by atoms with Gasteiger partial charge < -0.3 is 0 Å². The topological polar surface area (TPSA) is 54.4 Å². The van der Waals surface area contributed by atoms with Gasteiger partial charge in [0.15, 0.2) is 0 Å². The molecular formula is C8H7F10IO3S. The van der Waals surface area contributed by atoms with Gasteiger partial charge in [-0.05, 0) is 22.6 Å². The first-order valence-corrected chi connectivity index (χ1v) is 7.88. The van der Waals surface area contributed by atoms with E-state index >= 15 is 0 Å². The molecule has 0 bridgehead atoms. The summed E-state index contributed by atoms with van der Waals surface area (Å²) in [5.74, 6) is -29.4. The molecule has 0 unspecified atom stereocenters. The van der Waals surface area contributed by atoms with E-state index < -0.39 is 56.3 Å². The van der Waals surface area contributed by atoms with Crippen LogP contribution in [0.25, 0.3) is 0 Å². The lowest BCUT2D eigenvalue weighted by atomic mass is 9.96. The second-order valence-corrected chi connectivity index (χ2v) is 7.43. The molecule has 0 aromatic rings. The van der Waals surface area contributed by atoms with Crippen molar-refractivity contribution in [3.05, 3.63) is 0 Å². The Hall–Kier alpha value is -0.0600. The zero-order valence-electron chi connectivity index (χ0n) is 10.5. The average molecular weight is 500 g/mol. The molecule has 0 radical (unpaired) electrons. The van der Waals surface area contributed by atoms with Gasteiger partial charge in [-0.15, -0.1) is 0 Å². The summed E-state index contributed by atoms with van der Waals surface area (Å²) in [6, 6.07) is 0. The molecule has 1 N–H and O–H groups in total. The van der Waals surface area contributed by atoms with E-state index in [-0.39, 0.29) is 22.6 Å². The Kier molecular flexibility index (Phi) is 6.33. The van der Waals surface area contributed by atoms with Crippen LogP contribution in [0.4, 0.5) is 43.9 Å². The van der Waals surface area contributed by atoms with E-state index in [4.69, 9.17) is 4.55 Å². The van der Waals surface area contributed by atoms with E-state index in [1.165, 1.54) is 0 Å². The summed E-state index contributed by atoms with van der Waals surface area (Å²) < 4.78 is 153. The molecule has 0 aliphatic rings. The van der Waals surface area contributed by atoms with Crippen LogP contribution in [0.1, 0.15) is 12.8 Å². The monoisotopic (exact) mass is 500 g/mol. The highest BCUT2D eigenvalue weighted by Gasteiger charge is 2.80. The molecule has 0 saturated heterocycles. The van der Waals surface area contributed by atoms with Crippen LogP contribution in [0.5, 0.6) is 0 Å². The van der Waals surface area contributed by atoms with Gasteiger partial charge >= 0.3 is 23.7 Å². The van der Waals surface area contributed by atoms with Crippen molar-refractivity contribution >= 4 is 32.7 Å². The van der Waals surface area contributed by atoms with Crippen molar-refractivity contribution in [3.63, 3.8) is 0 Å². The average Bonchev–Trinajstić information content (AvgIpc) is 2.21. The van der Waals surface area contributed by atoms with Crippen molar-refractivity contribution in [2.24, 2.45) is 0 Å². The molecule has 0 fully saturated rings. The molecule has 0 saturated carbocycles. The third-order valence-corrected chi connectivity index (χ3v) is 3.67. The summed E-state index contributed by atoms with van der Waals surface area (Å²) in [5.41, 5.74) is 0. The highest BCUT2D eigenvalue weighted by atomic mass is 127. The number of hydrogen-bond donors (Lipinski definition) is 1. The van der Waals surface area contributed by atoms with Crippen LogP contribution in [-0.2, 0) is 10.1 Å². The van der Waals surface area contributed by atoms with E-state index in [9.17, 15) is 52.3 Å². The van der Waals surface area contributed by atoms with Gasteiger partial charge in [0, 0.05) is 12.8 Å². The van der Waals surface area contributed by atoms with Gasteiger partial charge in [-0.25, -0.2) is 0 Å². The van der Waals surface area contributed by atoms with Gasteiger partial charge in [0.25, 0.3) is 14.0 Å². The SMILES string of the molecule is O=S(=O)(O)CC(F)(F)C(F)(F)C(F)(F)C(F)(F)CCC(F)(F)I. The van der Waals surface area contributed by atoms with Crippen LogP contribution in [0.15, 0.2) is 0 Å². The highest BCUT2D eigenvalue weighted by molar-refractivity contribution is 14.1. The fraction of sp³-hybridized carbons (Fsp3) is 1.00. The molecule has 0 aliphatic carbocycles. The van der Waals surface area contributed by atoms with Crippen LogP contribution in [0.2, 0.25) is 0 Å². The normalized spacial score (nSPS) is 15.8. The lowest BCUT2D eigenvalue weighted by Gasteiger charge is -2.36. The van der Waals surface area contributed by atoms with Crippen LogP contribution < -0.4 is 0 Å². The number of rotatable bonds is 8. The minimum absolute atomic E-state index is 0.240. The van der Waals surface area contributed by atoms with Gasteiger partial charge in [-0.2, -0.15) is 52.3 Å². The first kappa shape index (κ1) is 22.9.